The average Bonchev–Trinajstić information content (AvgIpc) is 2.85. The van der Waals surface area contributed by atoms with Crippen LogP contribution in [0.1, 0.15) is 109 Å². The first-order valence-corrected chi connectivity index (χ1v) is 14.5. The summed E-state index contributed by atoms with van der Waals surface area (Å²) in [5.41, 5.74) is 1.29. The van der Waals surface area contributed by atoms with E-state index in [2.05, 4.69) is 55.7 Å². The highest BCUT2D eigenvalue weighted by Crippen LogP contribution is 2.13. The molecule has 200 valence electrons. The number of amides is 1. The van der Waals surface area contributed by atoms with E-state index >= 15 is 0 Å². The summed E-state index contributed by atoms with van der Waals surface area (Å²) >= 11 is 0. The van der Waals surface area contributed by atoms with E-state index in [4.69, 9.17) is 0 Å². The van der Waals surface area contributed by atoms with Crippen molar-refractivity contribution in [2.45, 2.75) is 110 Å². The lowest BCUT2D eigenvalue weighted by Gasteiger charge is -2.34. The highest BCUT2D eigenvalue weighted by Gasteiger charge is 2.21. The van der Waals surface area contributed by atoms with Crippen molar-refractivity contribution in [2.24, 2.45) is 0 Å². The summed E-state index contributed by atoms with van der Waals surface area (Å²) in [7, 11) is 2.19. The molecule has 1 unspecified atom stereocenters. The number of unbranched alkanes of at least 4 members (excludes halogenated alkanes) is 11. The summed E-state index contributed by atoms with van der Waals surface area (Å²) in [5.74, 6) is 0.182. The minimum absolute atomic E-state index is 0.182. The Bertz CT molecular complexity index is 647. The fourth-order valence-corrected chi connectivity index (χ4v) is 4.67. The smallest absolute Gasteiger partial charge is 0.219 e. The number of likely N-dealkylation sites (N-methyl/N-ethyl adjacent to an activating group) is 1. The van der Waals surface area contributed by atoms with Crippen LogP contribution in [0.15, 0.2) is 42.5 Å². The van der Waals surface area contributed by atoms with Gasteiger partial charge in [-0.25, -0.2) is 0 Å². The zero-order valence-corrected chi connectivity index (χ0v) is 23.0. The lowest BCUT2D eigenvalue weighted by molar-refractivity contribution is -0.922. The molecule has 2 N–H and O–H groups in total. The molecule has 0 spiro atoms. The maximum absolute atomic E-state index is 12.2. The van der Waals surface area contributed by atoms with E-state index in [1.54, 1.807) is 0 Å². The largest absolute Gasteiger partial charge is 0.391 e. The van der Waals surface area contributed by atoms with Crippen molar-refractivity contribution in [3.8, 4) is 0 Å². The Balaban J connectivity index is 1.98. The topological polar surface area (TPSA) is 49.3 Å². The van der Waals surface area contributed by atoms with Gasteiger partial charge < -0.3 is 14.9 Å². The summed E-state index contributed by atoms with van der Waals surface area (Å²) in [5, 5.41) is 12.6. The number of aliphatic hydroxyl groups excluding tert-OH is 1. The second-order valence-corrected chi connectivity index (χ2v) is 10.5. The molecule has 0 radical (unpaired) electrons. The first-order chi connectivity index (χ1) is 17.1. The van der Waals surface area contributed by atoms with Crippen LogP contribution in [0.3, 0.4) is 0 Å². The molecular formula is C31H55N2O2+. The Hall–Kier alpha value is -1.65. The van der Waals surface area contributed by atoms with Gasteiger partial charge in [0, 0.05) is 24.9 Å². The summed E-state index contributed by atoms with van der Waals surface area (Å²) in [6, 6.07) is 10.4. The van der Waals surface area contributed by atoms with Crippen LogP contribution in [0.2, 0.25) is 0 Å². The lowest BCUT2D eigenvalue weighted by Crippen LogP contribution is -2.46. The Kier molecular flexibility index (Phi) is 19.4. The number of hydrogen-bond acceptors (Lipinski definition) is 2. The molecule has 1 atom stereocenters. The monoisotopic (exact) mass is 487 g/mol. The Labute approximate surface area is 216 Å². The maximum atomic E-state index is 12.2. The normalized spacial score (nSPS) is 13.2. The van der Waals surface area contributed by atoms with Gasteiger partial charge in [-0.05, 0) is 32.1 Å². The number of benzene rings is 1. The second kappa shape index (κ2) is 21.6. The number of nitrogens with zero attached hydrogens (tertiary/aromatic N) is 1. The first-order valence-electron chi connectivity index (χ1n) is 14.5. The molecule has 1 amide bonds. The zero-order valence-electron chi connectivity index (χ0n) is 23.0. The summed E-state index contributed by atoms with van der Waals surface area (Å²) in [6.45, 7) is 5.76. The van der Waals surface area contributed by atoms with E-state index < -0.39 is 0 Å². The van der Waals surface area contributed by atoms with Gasteiger partial charge in [-0.2, -0.15) is 0 Å². The molecule has 0 aliphatic rings. The maximum Gasteiger partial charge on any atom is 0.219 e. The third kappa shape index (κ3) is 18.3. The highest BCUT2D eigenvalue weighted by molar-refractivity contribution is 5.75. The van der Waals surface area contributed by atoms with Crippen LogP contribution in [0.25, 0.3) is 0 Å². The molecule has 0 bridgehead atoms. The van der Waals surface area contributed by atoms with Gasteiger partial charge in [-0.15, -0.1) is 0 Å². The standard InChI is InChI=1S/C31H54N2O2/c1-3-4-5-6-7-8-9-10-11-12-13-14-15-16-20-24-31(35)32-25-21-26-33(2,27-28-34)29-30-22-18-17-19-23-30/h10-11,17-19,22-23,34H,3-9,12-16,20-21,24-29H2,1-2H3/p+1/b11-10+. The molecule has 0 heterocycles. The second-order valence-electron chi connectivity index (χ2n) is 10.5. The average molecular weight is 488 g/mol. The molecule has 35 heavy (non-hydrogen) atoms. The Morgan fingerprint density at radius 1 is 0.829 bits per heavy atom. The van der Waals surface area contributed by atoms with Gasteiger partial charge in [-0.3, -0.25) is 4.79 Å². The quantitative estimate of drug-likeness (QED) is 0.0976. The number of carbonyl (C=O) groups is 1. The highest BCUT2D eigenvalue weighted by atomic mass is 16.3. The van der Waals surface area contributed by atoms with Crippen molar-refractivity contribution in [2.75, 3.05) is 33.3 Å². The lowest BCUT2D eigenvalue weighted by atomic mass is 10.1. The van der Waals surface area contributed by atoms with Crippen LogP contribution in [-0.4, -0.2) is 48.8 Å². The van der Waals surface area contributed by atoms with Crippen LogP contribution >= 0.6 is 0 Å². The fourth-order valence-electron chi connectivity index (χ4n) is 4.67. The molecular weight excluding hydrogens is 432 g/mol. The molecule has 0 saturated carbocycles. The number of quaternary nitrogens is 1. The molecule has 1 rings (SSSR count). The molecule has 1 aromatic rings. The van der Waals surface area contributed by atoms with Gasteiger partial charge in [-0.1, -0.05) is 101 Å². The van der Waals surface area contributed by atoms with E-state index in [-0.39, 0.29) is 12.5 Å². The van der Waals surface area contributed by atoms with Crippen LogP contribution in [-0.2, 0) is 11.3 Å². The predicted molar refractivity (Wildman–Crippen MR) is 150 cm³/mol. The van der Waals surface area contributed by atoms with E-state index in [1.165, 1.54) is 76.2 Å². The predicted octanol–water partition coefficient (Wildman–Crippen LogP) is 7.17. The molecule has 0 saturated heterocycles. The number of allylic oxidation sites excluding steroid dienone is 2. The van der Waals surface area contributed by atoms with Gasteiger partial charge in [0.1, 0.15) is 13.1 Å². The summed E-state index contributed by atoms with van der Waals surface area (Å²) in [6.07, 6.45) is 22.9. The van der Waals surface area contributed by atoms with Gasteiger partial charge in [0.25, 0.3) is 0 Å². The van der Waals surface area contributed by atoms with E-state index in [1.807, 2.05) is 6.07 Å². The molecule has 0 aliphatic heterocycles. The van der Waals surface area contributed by atoms with Gasteiger partial charge in [0.15, 0.2) is 0 Å². The third-order valence-corrected chi connectivity index (χ3v) is 6.91. The molecule has 0 aliphatic carbocycles. The SMILES string of the molecule is CCCCCCCC/C=C/CCCCCCCC(=O)NCCC[N+](C)(CCO)Cc1ccccc1. The molecule has 4 heteroatoms. The summed E-state index contributed by atoms with van der Waals surface area (Å²) in [4.78, 5) is 12.2. The fraction of sp³-hybridized carbons (Fsp3) is 0.710. The number of nitrogens with one attached hydrogen (secondary N) is 1. The van der Waals surface area contributed by atoms with E-state index in [0.717, 1.165) is 49.9 Å². The Morgan fingerprint density at radius 3 is 2.06 bits per heavy atom. The molecule has 1 aromatic carbocycles. The number of hydrogen-bond donors (Lipinski definition) is 2. The van der Waals surface area contributed by atoms with Gasteiger partial charge in [0.2, 0.25) is 5.91 Å². The summed E-state index contributed by atoms with van der Waals surface area (Å²) < 4.78 is 0.796. The number of aliphatic hydroxyl groups is 1. The first kappa shape index (κ1) is 31.4. The molecule has 0 fully saturated rings. The van der Waals surface area contributed by atoms with E-state index in [9.17, 15) is 9.90 Å². The minimum Gasteiger partial charge on any atom is -0.391 e. The van der Waals surface area contributed by atoms with Crippen LogP contribution in [0.4, 0.5) is 0 Å². The van der Waals surface area contributed by atoms with Crippen LogP contribution in [0, 0.1) is 0 Å². The van der Waals surface area contributed by atoms with Gasteiger partial charge >= 0.3 is 0 Å². The Morgan fingerprint density at radius 2 is 1.43 bits per heavy atom. The van der Waals surface area contributed by atoms with Crippen molar-refractivity contribution in [3.05, 3.63) is 48.0 Å². The molecule has 0 aromatic heterocycles. The zero-order chi connectivity index (χ0) is 25.5. The van der Waals surface area contributed by atoms with Crippen molar-refractivity contribution < 1.29 is 14.4 Å². The number of rotatable bonds is 23. The van der Waals surface area contributed by atoms with Crippen molar-refractivity contribution in [3.63, 3.8) is 0 Å². The van der Waals surface area contributed by atoms with Crippen LogP contribution in [0.5, 0.6) is 0 Å². The van der Waals surface area contributed by atoms with Crippen LogP contribution < -0.4 is 5.32 Å². The third-order valence-electron chi connectivity index (χ3n) is 6.91. The molecule has 4 nitrogen and oxygen atoms in total. The van der Waals surface area contributed by atoms with Crippen molar-refractivity contribution >= 4 is 5.91 Å². The number of carbonyl (C=O) groups excluding carboxylic acids is 1. The van der Waals surface area contributed by atoms with E-state index in [0.29, 0.717) is 6.42 Å². The minimum atomic E-state index is 0.182. The van der Waals surface area contributed by atoms with Gasteiger partial charge in [0.05, 0.1) is 20.2 Å². The van der Waals surface area contributed by atoms with Crippen molar-refractivity contribution in [1.29, 1.82) is 0 Å². The van der Waals surface area contributed by atoms with Crippen molar-refractivity contribution in [1.82, 2.24) is 5.32 Å².